The lowest BCUT2D eigenvalue weighted by molar-refractivity contribution is 0.731. The summed E-state index contributed by atoms with van der Waals surface area (Å²) >= 11 is 5.29. The number of benzene rings is 1. The van der Waals surface area contributed by atoms with Gasteiger partial charge in [0.2, 0.25) is 0 Å². The Labute approximate surface area is 131 Å². The molecule has 0 spiro atoms. The van der Waals surface area contributed by atoms with Crippen LogP contribution in [-0.4, -0.2) is 14.9 Å². The zero-order valence-corrected chi connectivity index (χ0v) is 13.6. The molecule has 0 aliphatic heterocycles. The van der Waals surface area contributed by atoms with Crippen LogP contribution in [0.1, 0.15) is 37.4 Å². The smallest absolute Gasteiger partial charge is 0.171 e. The molecule has 1 heterocycles. The molecule has 0 fully saturated rings. The van der Waals surface area contributed by atoms with Crippen LogP contribution in [0, 0.1) is 0 Å². The second-order valence-corrected chi connectivity index (χ2v) is 5.63. The van der Waals surface area contributed by atoms with Crippen molar-refractivity contribution in [1.82, 2.24) is 15.1 Å². The molecule has 1 unspecified atom stereocenters. The van der Waals surface area contributed by atoms with E-state index in [1.165, 1.54) is 5.56 Å². The van der Waals surface area contributed by atoms with E-state index in [-0.39, 0.29) is 0 Å². The van der Waals surface area contributed by atoms with Crippen molar-refractivity contribution in [2.75, 3.05) is 5.32 Å². The second kappa shape index (κ2) is 7.22. The number of anilines is 1. The van der Waals surface area contributed by atoms with E-state index in [0.29, 0.717) is 17.6 Å². The molecule has 0 bridgehead atoms. The summed E-state index contributed by atoms with van der Waals surface area (Å²) < 4.78 is 1.78. The number of nitrogens with one attached hydrogen (secondary N) is 2. The third-order valence-electron chi connectivity index (χ3n) is 3.55. The summed E-state index contributed by atoms with van der Waals surface area (Å²) in [5.41, 5.74) is 3.32. The normalized spacial score (nSPS) is 12.0. The molecule has 0 saturated heterocycles. The van der Waals surface area contributed by atoms with Gasteiger partial charge in [-0.15, -0.1) is 0 Å². The van der Waals surface area contributed by atoms with E-state index in [0.717, 1.165) is 17.8 Å². The maximum Gasteiger partial charge on any atom is 0.171 e. The van der Waals surface area contributed by atoms with Gasteiger partial charge in [0.05, 0.1) is 12.2 Å². The first-order valence-electron chi connectivity index (χ1n) is 7.22. The van der Waals surface area contributed by atoms with Crippen LogP contribution < -0.4 is 10.6 Å². The second-order valence-electron chi connectivity index (χ2n) is 5.22. The van der Waals surface area contributed by atoms with Gasteiger partial charge >= 0.3 is 0 Å². The molecule has 1 aromatic heterocycles. The molecule has 0 radical (unpaired) electrons. The van der Waals surface area contributed by atoms with Crippen molar-refractivity contribution in [2.45, 2.75) is 32.7 Å². The highest BCUT2D eigenvalue weighted by atomic mass is 32.1. The predicted octanol–water partition coefficient (Wildman–Crippen LogP) is 3.42. The van der Waals surface area contributed by atoms with Crippen LogP contribution in [0.5, 0.6) is 0 Å². The summed E-state index contributed by atoms with van der Waals surface area (Å²) in [5.74, 6) is 0.591. The number of aryl methyl sites for hydroxylation is 1. The monoisotopic (exact) mass is 302 g/mol. The van der Waals surface area contributed by atoms with Crippen molar-refractivity contribution in [3.05, 3.63) is 47.8 Å². The van der Waals surface area contributed by atoms with Crippen molar-refractivity contribution in [3.8, 4) is 0 Å². The van der Waals surface area contributed by atoms with Crippen molar-refractivity contribution >= 4 is 23.0 Å². The van der Waals surface area contributed by atoms with E-state index in [4.69, 9.17) is 12.2 Å². The molecule has 2 rings (SSSR count). The predicted molar refractivity (Wildman–Crippen MR) is 91.4 cm³/mol. The molecule has 5 heteroatoms. The molecule has 112 valence electrons. The van der Waals surface area contributed by atoms with Gasteiger partial charge in [-0.1, -0.05) is 26.0 Å². The van der Waals surface area contributed by atoms with Crippen LogP contribution in [0.2, 0.25) is 0 Å². The van der Waals surface area contributed by atoms with Crippen LogP contribution in [0.3, 0.4) is 0 Å². The average molecular weight is 302 g/mol. The quantitative estimate of drug-likeness (QED) is 0.831. The van der Waals surface area contributed by atoms with Gasteiger partial charge in [0, 0.05) is 18.9 Å². The van der Waals surface area contributed by atoms with Gasteiger partial charge in [-0.05, 0) is 48.3 Å². The highest BCUT2D eigenvalue weighted by molar-refractivity contribution is 7.80. The molecule has 0 aliphatic carbocycles. The Hall–Kier alpha value is -1.88. The summed E-state index contributed by atoms with van der Waals surface area (Å²) in [6, 6.07) is 10.4. The maximum absolute atomic E-state index is 5.29. The SMILES string of the molecule is CCC(C)c1ccc(NC(=S)NCc2ccn(C)n2)cc1. The fourth-order valence-electron chi connectivity index (χ4n) is 2.03. The molecule has 0 saturated carbocycles. The van der Waals surface area contributed by atoms with Crippen molar-refractivity contribution < 1.29 is 0 Å². The Kier molecular flexibility index (Phi) is 5.33. The van der Waals surface area contributed by atoms with Gasteiger partial charge in [-0.3, -0.25) is 4.68 Å². The van der Waals surface area contributed by atoms with Gasteiger partial charge in [0.1, 0.15) is 0 Å². The highest BCUT2D eigenvalue weighted by Crippen LogP contribution is 2.20. The van der Waals surface area contributed by atoms with Crippen LogP contribution >= 0.6 is 12.2 Å². The minimum atomic E-state index is 0.591. The molecule has 1 aromatic carbocycles. The lowest BCUT2D eigenvalue weighted by atomic mass is 9.99. The molecular weight excluding hydrogens is 280 g/mol. The van der Waals surface area contributed by atoms with Crippen LogP contribution in [0.4, 0.5) is 5.69 Å². The van der Waals surface area contributed by atoms with Gasteiger partial charge in [0.25, 0.3) is 0 Å². The van der Waals surface area contributed by atoms with E-state index < -0.39 is 0 Å². The Morgan fingerprint density at radius 1 is 1.29 bits per heavy atom. The number of aromatic nitrogens is 2. The van der Waals surface area contributed by atoms with Crippen LogP contribution in [0.15, 0.2) is 36.5 Å². The molecule has 21 heavy (non-hydrogen) atoms. The van der Waals surface area contributed by atoms with Gasteiger partial charge in [-0.25, -0.2) is 0 Å². The topological polar surface area (TPSA) is 41.9 Å². The summed E-state index contributed by atoms with van der Waals surface area (Å²) in [7, 11) is 1.90. The first kappa shape index (κ1) is 15.5. The number of hydrogen-bond acceptors (Lipinski definition) is 2. The Balaban J connectivity index is 1.84. The van der Waals surface area contributed by atoms with Gasteiger partial charge in [-0.2, -0.15) is 5.10 Å². The summed E-state index contributed by atoms with van der Waals surface area (Å²) in [5, 5.41) is 11.2. The Morgan fingerprint density at radius 3 is 2.57 bits per heavy atom. The Morgan fingerprint density at radius 2 is 2.00 bits per heavy atom. The standard InChI is InChI=1S/C16H22N4S/c1-4-12(2)13-5-7-14(8-6-13)18-16(21)17-11-15-9-10-20(3)19-15/h5-10,12H,4,11H2,1-3H3,(H2,17,18,21). The van der Waals surface area contributed by atoms with Crippen LogP contribution in [0.25, 0.3) is 0 Å². The van der Waals surface area contributed by atoms with Crippen molar-refractivity contribution in [2.24, 2.45) is 7.05 Å². The van der Waals surface area contributed by atoms with Crippen molar-refractivity contribution in [1.29, 1.82) is 0 Å². The average Bonchev–Trinajstić information content (AvgIpc) is 2.91. The fourth-order valence-corrected chi connectivity index (χ4v) is 2.22. The van der Waals surface area contributed by atoms with E-state index >= 15 is 0 Å². The minimum Gasteiger partial charge on any atom is -0.357 e. The van der Waals surface area contributed by atoms with Gasteiger partial charge in [0.15, 0.2) is 5.11 Å². The molecule has 4 nitrogen and oxygen atoms in total. The third-order valence-corrected chi connectivity index (χ3v) is 3.80. The Bertz CT molecular complexity index is 589. The molecule has 0 aliphatic rings. The van der Waals surface area contributed by atoms with Crippen LogP contribution in [-0.2, 0) is 13.6 Å². The lowest BCUT2D eigenvalue weighted by Gasteiger charge is -2.12. The minimum absolute atomic E-state index is 0.591. The zero-order valence-electron chi connectivity index (χ0n) is 12.8. The molecule has 0 amide bonds. The summed E-state index contributed by atoms with van der Waals surface area (Å²) in [4.78, 5) is 0. The zero-order chi connectivity index (χ0) is 15.2. The largest absolute Gasteiger partial charge is 0.357 e. The van der Waals surface area contributed by atoms with Gasteiger partial charge < -0.3 is 10.6 Å². The maximum atomic E-state index is 5.29. The summed E-state index contributed by atoms with van der Waals surface area (Å²) in [6.07, 6.45) is 3.07. The molecule has 2 N–H and O–H groups in total. The van der Waals surface area contributed by atoms with E-state index in [1.54, 1.807) is 4.68 Å². The summed E-state index contributed by atoms with van der Waals surface area (Å²) in [6.45, 7) is 5.06. The number of hydrogen-bond donors (Lipinski definition) is 2. The van der Waals surface area contributed by atoms with E-state index in [1.807, 2.05) is 19.3 Å². The van der Waals surface area contributed by atoms with E-state index in [9.17, 15) is 0 Å². The number of thiocarbonyl (C=S) groups is 1. The number of rotatable bonds is 5. The molecular formula is C16H22N4S. The highest BCUT2D eigenvalue weighted by Gasteiger charge is 2.03. The lowest BCUT2D eigenvalue weighted by Crippen LogP contribution is -2.28. The fraction of sp³-hybridized carbons (Fsp3) is 0.375. The first-order chi connectivity index (χ1) is 10.1. The van der Waals surface area contributed by atoms with Crippen molar-refractivity contribution in [3.63, 3.8) is 0 Å². The molecule has 1 atom stereocenters. The van der Waals surface area contributed by atoms with E-state index in [2.05, 4.69) is 53.8 Å². The first-order valence-corrected chi connectivity index (χ1v) is 7.62. The number of nitrogens with zero attached hydrogens (tertiary/aromatic N) is 2. The molecule has 2 aromatic rings. The third kappa shape index (κ3) is 4.56.